The molecule has 39 heavy (non-hydrogen) atoms. The van der Waals surface area contributed by atoms with Crippen LogP contribution in [0.25, 0.3) is 22.6 Å². The molecule has 204 valence electrons. The lowest BCUT2D eigenvalue weighted by atomic mass is 9.92. The highest BCUT2D eigenvalue weighted by molar-refractivity contribution is 5.78. The van der Waals surface area contributed by atoms with Crippen LogP contribution in [-0.4, -0.2) is 65.9 Å². The number of hydrogen-bond donors (Lipinski definition) is 2. The van der Waals surface area contributed by atoms with E-state index >= 15 is 0 Å². The summed E-state index contributed by atoms with van der Waals surface area (Å²) in [5.74, 6) is -0.742. The molecule has 0 amide bonds. The highest BCUT2D eigenvalue weighted by Gasteiger charge is 2.35. The molecule has 1 fully saturated rings. The van der Waals surface area contributed by atoms with E-state index in [1.807, 2.05) is 41.2 Å². The Balaban J connectivity index is 1.50. The Hall–Kier alpha value is -3.76. The van der Waals surface area contributed by atoms with Crippen molar-refractivity contribution in [3.63, 3.8) is 0 Å². The van der Waals surface area contributed by atoms with E-state index in [0.717, 1.165) is 55.5 Å². The number of carbonyl (C=O) groups is 1. The number of nitrogens with zero attached hydrogens (tertiary/aromatic N) is 6. The summed E-state index contributed by atoms with van der Waals surface area (Å²) in [5.41, 5.74) is 4.69. The van der Waals surface area contributed by atoms with Crippen molar-refractivity contribution in [3.8, 4) is 16.9 Å². The molecule has 10 heteroatoms. The second kappa shape index (κ2) is 10.1. The van der Waals surface area contributed by atoms with Gasteiger partial charge in [0.15, 0.2) is 11.8 Å². The largest absolute Gasteiger partial charge is 0.479 e. The fraction of sp³-hybridized carbons (Fsp3) is 0.448. The minimum Gasteiger partial charge on any atom is -0.479 e. The van der Waals surface area contributed by atoms with Gasteiger partial charge in [0.05, 0.1) is 28.2 Å². The topological polar surface area (TPSA) is 118 Å². The zero-order chi connectivity index (χ0) is 27.1. The van der Waals surface area contributed by atoms with Crippen molar-refractivity contribution in [2.24, 2.45) is 0 Å². The Morgan fingerprint density at radius 3 is 2.72 bits per heavy atom. The van der Waals surface area contributed by atoms with Gasteiger partial charge in [0.2, 0.25) is 0 Å². The molecule has 0 spiro atoms. The van der Waals surface area contributed by atoms with Gasteiger partial charge in [-0.2, -0.15) is 14.7 Å². The summed E-state index contributed by atoms with van der Waals surface area (Å²) < 4.78 is 9.94. The molecule has 0 saturated carbocycles. The summed E-state index contributed by atoms with van der Waals surface area (Å²) in [6.07, 6.45) is 5.91. The maximum atomic E-state index is 11.9. The number of rotatable bonds is 2. The molecule has 1 aromatic carbocycles. The molecule has 1 saturated heterocycles. The second-order valence-corrected chi connectivity index (χ2v) is 10.9. The number of aryl methyl sites for hydroxylation is 2. The molecule has 7 rings (SSSR count). The van der Waals surface area contributed by atoms with E-state index in [0.29, 0.717) is 42.5 Å². The maximum Gasteiger partial charge on any atom is 0.337 e. The minimum absolute atomic E-state index is 0.251. The van der Waals surface area contributed by atoms with E-state index in [-0.39, 0.29) is 11.2 Å². The Morgan fingerprint density at radius 1 is 1.10 bits per heavy atom. The van der Waals surface area contributed by atoms with Gasteiger partial charge in [-0.1, -0.05) is 18.6 Å². The zero-order valence-corrected chi connectivity index (χ0v) is 22.4. The van der Waals surface area contributed by atoms with Gasteiger partial charge in [0.1, 0.15) is 5.82 Å². The van der Waals surface area contributed by atoms with Gasteiger partial charge in [0.25, 0.3) is 0 Å². The lowest BCUT2D eigenvalue weighted by Gasteiger charge is -2.41. The first-order chi connectivity index (χ1) is 18.8. The fourth-order valence-corrected chi connectivity index (χ4v) is 5.69. The van der Waals surface area contributed by atoms with Crippen molar-refractivity contribution in [1.29, 1.82) is 0 Å². The summed E-state index contributed by atoms with van der Waals surface area (Å²) in [7, 11) is 0. The van der Waals surface area contributed by atoms with E-state index in [9.17, 15) is 15.0 Å². The number of aliphatic hydroxyl groups is 1. The Morgan fingerprint density at radius 2 is 1.92 bits per heavy atom. The molecule has 10 nitrogen and oxygen atoms in total. The lowest BCUT2D eigenvalue weighted by Crippen LogP contribution is -2.45. The van der Waals surface area contributed by atoms with Crippen LogP contribution >= 0.6 is 0 Å². The molecule has 6 heterocycles. The molecule has 4 aromatic rings. The van der Waals surface area contributed by atoms with Crippen molar-refractivity contribution in [3.05, 3.63) is 59.5 Å². The van der Waals surface area contributed by atoms with Crippen LogP contribution < -0.4 is 4.90 Å². The van der Waals surface area contributed by atoms with Crippen LogP contribution in [0.3, 0.4) is 0 Å². The van der Waals surface area contributed by atoms with Crippen LogP contribution in [0.5, 0.6) is 0 Å². The zero-order valence-electron chi connectivity index (χ0n) is 22.4. The van der Waals surface area contributed by atoms with Crippen molar-refractivity contribution < 1.29 is 19.7 Å². The summed E-state index contributed by atoms with van der Waals surface area (Å²) in [4.78, 5) is 18.7. The molecule has 3 aromatic heterocycles. The van der Waals surface area contributed by atoms with Gasteiger partial charge in [0, 0.05) is 43.2 Å². The molecule has 1 atom stereocenters. The van der Waals surface area contributed by atoms with Gasteiger partial charge >= 0.3 is 5.97 Å². The third-order valence-electron chi connectivity index (χ3n) is 8.01. The number of hydrogen-bond acceptors (Lipinski definition) is 7. The molecular formula is C29H34N6O4. The number of aliphatic carboxylic acids is 1. The van der Waals surface area contributed by atoms with E-state index in [1.165, 1.54) is 0 Å². The van der Waals surface area contributed by atoms with Crippen LogP contribution in [0.2, 0.25) is 0 Å². The number of aromatic nitrogens is 5. The molecule has 2 N–H and O–H groups in total. The molecular weight excluding hydrogens is 496 g/mol. The van der Waals surface area contributed by atoms with Crippen LogP contribution in [0.4, 0.5) is 5.82 Å². The van der Waals surface area contributed by atoms with Crippen LogP contribution in [0, 0.1) is 6.92 Å². The third-order valence-corrected chi connectivity index (χ3v) is 8.01. The number of piperidine rings is 1. The van der Waals surface area contributed by atoms with Crippen molar-refractivity contribution >= 4 is 17.4 Å². The standard InChI is InChI=1S/C29H34N6O4/c1-19-25(26(36)28(37)38)27-33-14-11-29(2,12-15-33)39-16-5-3-4-8-21-10-13-34(31-21)22-9-6-7-20(17-22)23-18-24(30-19)35(27)32-23/h6-7,9-10,13,17-18,26,36H,3-5,8,11-12,14-16H2,1-2H3,(H,37,38)/t26-/m0/s1. The van der Waals surface area contributed by atoms with Gasteiger partial charge < -0.3 is 19.8 Å². The SMILES string of the molecule is Cc1nc2cc3nn2c(c1[C@H](O)C(=O)O)N1CCC(C)(CC1)OCCCCCc1ccn(n1)-c1cccc-3c1. The molecule has 8 bridgehead atoms. The van der Waals surface area contributed by atoms with E-state index in [2.05, 4.69) is 22.9 Å². The lowest BCUT2D eigenvalue weighted by molar-refractivity contribution is -0.147. The number of ether oxygens (including phenoxy) is 1. The van der Waals surface area contributed by atoms with Crippen molar-refractivity contribution in [2.75, 3.05) is 24.6 Å². The molecule has 0 aliphatic carbocycles. The predicted molar refractivity (Wildman–Crippen MR) is 146 cm³/mol. The van der Waals surface area contributed by atoms with Gasteiger partial charge in [-0.15, -0.1) is 0 Å². The normalized spacial score (nSPS) is 18.4. The fourth-order valence-electron chi connectivity index (χ4n) is 5.69. The number of benzene rings is 1. The number of aliphatic hydroxyl groups excluding tert-OH is 1. The molecule has 3 aliphatic rings. The highest BCUT2D eigenvalue weighted by atomic mass is 16.5. The maximum absolute atomic E-state index is 11.9. The summed E-state index contributed by atoms with van der Waals surface area (Å²) in [5, 5.41) is 30.2. The minimum atomic E-state index is -1.71. The number of anilines is 1. The average molecular weight is 531 g/mol. The van der Waals surface area contributed by atoms with E-state index in [4.69, 9.17) is 14.9 Å². The number of fused-ring (bicyclic) bond motifs is 7. The van der Waals surface area contributed by atoms with Crippen LogP contribution in [-0.2, 0) is 16.0 Å². The smallest absolute Gasteiger partial charge is 0.337 e. The first kappa shape index (κ1) is 25.5. The number of carboxylic acid groups (broad SMARTS) is 1. The first-order valence-corrected chi connectivity index (χ1v) is 13.7. The molecule has 0 radical (unpaired) electrons. The summed E-state index contributed by atoms with van der Waals surface area (Å²) in [6.45, 7) is 5.91. The van der Waals surface area contributed by atoms with Crippen molar-refractivity contribution in [1.82, 2.24) is 24.4 Å². The monoisotopic (exact) mass is 530 g/mol. The van der Waals surface area contributed by atoms with Gasteiger partial charge in [-0.3, -0.25) is 0 Å². The Bertz CT molecular complexity index is 1520. The van der Waals surface area contributed by atoms with E-state index < -0.39 is 12.1 Å². The van der Waals surface area contributed by atoms with Crippen LogP contribution in [0.1, 0.15) is 62.1 Å². The quantitative estimate of drug-likeness (QED) is 0.398. The first-order valence-electron chi connectivity index (χ1n) is 13.7. The number of carboxylic acids is 1. The third kappa shape index (κ3) is 4.90. The summed E-state index contributed by atoms with van der Waals surface area (Å²) in [6, 6.07) is 12.0. The average Bonchev–Trinajstić information content (AvgIpc) is 3.57. The predicted octanol–water partition coefficient (Wildman–Crippen LogP) is 4.11. The Kier molecular flexibility index (Phi) is 6.60. The second-order valence-electron chi connectivity index (χ2n) is 10.9. The van der Waals surface area contributed by atoms with Crippen LogP contribution in [0.15, 0.2) is 42.6 Å². The highest BCUT2D eigenvalue weighted by Crippen LogP contribution is 2.36. The molecule has 0 unspecified atom stereocenters. The Labute approximate surface area is 226 Å². The van der Waals surface area contributed by atoms with Crippen molar-refractivity contribution in [2.45, 2.75) is 64.1 Å². The van der Waals surface area contributed by atoms with Gasteiger partial charge in [-0.05, 0) is 64.2 Å². The van der Waals surface area contributed by atoms with Gasteiger partial charge in [-0.25, -0.2) is 14.5 Å². The summed E-state index contributed by atoms with van der Waals surface area (Å²) >= 11 is 0. The molecule has 3 aliphatic heterocycles. The van der Waals surface area contributed by atoms with E-state index in [1.54, 1.807) is 11.4 Å².